The van der Waals surface area contributed by atoms with Gasteiger partial charge in [-0.2, -0.15) is 5.10 Å². The summed E-state index contributed by atoms with van der Waals surface area (Å²) in [5.74, 6) is 0. The van der Waals surface area contributed by atoms with E-state index in [1.54, 1.807) is 0 Å². The molecule has 0 atom stereocenters. The summed E-state index contributed by atoms with van der Waals surface area (Å²) in [4.78, 5) is 2.48. The lowest BCUT2D eigenvalue weighted by molar-refractivity contribution is 0.229. The minimum absolute atomic E-state index is 1.01. The van der Waals surface area contributed by atoms with E-state index in [2.05, 4.69) is 27.6 Å². The van der Waals surface area contributed by atoms with Crippen LogP contribution in [0.25, 0.3) is 0 Å². The van der Waals surface area contributed by atoms with Crippen molar-refractivity contribution in [3.05, 3.63) is 18.0 Å². The molecular formula is C10H18N4. The molecule has 0 aliphatic carbocycles. The predicted octanol–water partition coefficient (Wildman–Crippen LogP) is 0.0967. The van der Waals surface area contributed by atoms with Crippen molar-refractivity contribution in [1.82, 2.24) is 20.0 Å². The van der Waals surface area contributed by atoms with Crippen LogP contribution in [0, 0.1) is 6.92 Å². The van der Waals surface area contributed by atoms with E-state index in [9.17, 15) is 0 Å². The smallest absolute Gasteiger partial charge is 0.0593 e. The molecule has 0 spiro atoms. The molecule has 1 aromatic rings. The van der Waals surface area contributed by atoms with Crippen molar-refractivity contribution >= 4 is 0 Å². The quantitative estimate of drug-likeness (QED) is 0.740. The van der Waals surface area contributed by atoms with Crippen LogP contribution in [-0.2, 0) is 6.54 Å². The minimum atomic E-state index is 1.01. The summed E-state index contributed by atoms with van der Waals surface area (Å²) in [7, 11) is 0. The molecule has 2 rings (SSSR count). The van der Waals surface area contributed by atoms with Crippen molar-refractivity contribution < 1.29 is 0 Å². The Bertz CT molecular complexity index is 275. The maximum absolute atomic E-state index is 4.37. The second-order valence-electron chi connectivity index (χ2n) is 3.81. The molecule has 14 heavy (non-hydrogen) atoms. The minimum Gasteiger partial charge on any atom is -0.314 e. The Morgan fingerprint density at radius 3 is 2.79 bits per heavy atom. The third-order valence-electron chi connectivity index (χ3n) is 2.63. The number of aromatic nitrogens is 2. The number of rotatable bonds is 3. The van der Waals surface area contributed by atoms with Crippen molar-refractivity contribution in [1.29, 1.82) is 0 Å². The summed E-state index contributed by atoms with van der Waals surface area (Å²) in [5.41, 5.74) is 1.10. The predicted molar refractivity (Wildman–Crippen MR) is 56.3 cm³/mol. The molecule has 4 nitrogen and oxygen atoms in total. The molecule has 1 aliphatic heterocycles. The molecule has 2 heterocycles. The van der Waals surface area contributed by atoms with E-state index < -0.39 is 0 Å². The summed E-state index contributed by atoms with van der Waals surface area (Å²) in [6.07, 6.45) is 2.05. The monoisotopic (exact) mass is 194 g/mol. The summed E-state index contributed by atoms with van der Waals surface area (Å²) in [5, 5.41) is 7.72. The maximum atomic E-state index is 4.37. The van der Waals surface area contributed by atoms with Gasteiger partial charge < -0.3 is 5.32 Å². The van der Waals surface area contributed by atoms with E-state index in [0.29, 0.717) is 0 Å². The maximum Gasteiger partial charge on any atom is 0.0593 e. The van der Waals surface area contributed by atoms with Gasteiger partial charge >= 0.3 is 0 Å². The fourth-order valence-electron chi connectivity index (χ4n) is 1.77. The molecule has 1 N–H and O–H groups in total. The lowest BCUT2D eigenvalue weighted by atomic mass is 10.3. The molecule has 0 bridgehead atoms. The van der Waals surface area contributed by atoms with Crippen LogP contribution in [0.15, 0.2) is 12.3 Å². The molecule has 1 aromatic heterocycles. The van der Waals surface area contributed by atoms with Gasteiger partial charge in [-0.1, -0.05) is 0 Å². The van der Waals surface area contributed by atoms with Crippen LogP contribution in [0.4, 0.5) is 0 Å². The zero-order chi connectivity index (χ0) is 9.80. The van der Waals surface area contributed by atoms with Crippen molar-refractivity contribution in [2.24, 2.45) is 0 Å². The second kappa shape index (κ2) is 4.57. The Labute approximate surface area is 84.9 Å². The highest BCUT2D eigenvalue weighted by atomic mass is 15.3. The highest BCUT2D eigenvalue weighted by Gasteiger charge is 2.08. The highest BCUT2D eigenvalue weighted by Crippen LogP contribution is 1.96. The lowest BCUT2D eigenvalue weighted by Gasteiger charge is -2.26. The van der Waals surface area contributed by atoms with Crippen molar-refractivity contribution in [2.45, 2.75) is 13.5 Å². The van der Waals surface area contributed by atoms with Crippen LogP contribution in [0.5, 0.6) is 0 Å². The van der Waals surface area contributed by atoms with Gasteiger partial charge in [-0.3, -0.25) is 9.58 Å². The van der Waals surface area contributed by atoms with E-state index in [0.717, 1.165) is 31.9 Å². The molecule has 0 saturated carbocycles. The number of hydrogen-bond acceptors (Lipinski definition) is 3. The van der Waals surface area contributed by atoms with Crippen LogP contribution in [0.2, 0.25) is 0 Å². The van der Waals surface area contributed by atoms with E-state index >= 15 is 0 Å². The average Bonchev–Trinajstić information content (AvgIpc) is 2.63. The highest BCUT2D eigenvalue weighted by molar-refractivity contribution is 4.94. The Balaban J connectivity index is 1.76. The standard InChI is InChI=1S/C10H18N4/c1-10-2-5-14(12-10)9-8-13-6-3-11-4-7-13/h2,5,11H,3-4,6-9H2,1H3. The summed E-state index contributed by atoms with van der Waals surface area (Å²) < 4.78 is 2.03. The number of piperazine rings is 1. The average molecular weight is 194 g/mol. The van der Waals surface area contributed by atoms with Gasteiger partial charge in [-0.15, -0.1) is 0 Å². The molecule has 1 aliphatic rings. The Kier molecular flexibility index (Phi) is 3.16. The van der Waals surface area contributed by atoms with Gasteiger partial charge in [-0.25, -0.2) is 0 Å². The fraction of sp³-hybridized carbons (Fsp3) is 0.700. The summed E-state index contributed by atoms with van der Waals surface area (Å²) in [6, 6.07) is 2.05. The second-order valence-corrected chi connectivity index (χ2v) is 3.81. The number of hydrogen-bond donors (Lipinski definition) is 1. The number of nitrogens with one attached hydrogen (secondary N) is 1. The summed E-state index contributed by atoms with van der Waals surface area (Å²) >= 11 is 0. The van der Waals surface area contributed by atoms with Crippen LogP contribution >= 0.6 is 0 Å². The molecule has 0 unspecified atom stereocenters. The van der Waals surface area contributed by atoms with Crippen LogP contribution in [0.3, 0.4) is 0 Å². The van der Waals surface area contributed by atoms with Crippen LogP contribution < -0.4 is 5.32 Å². The van der Waals surface area contributed by atoms with Gasteiger partial charge in [0.1, 0.15) is 0 Å². The number of nitrogens with zero attached hydrogens (tertiary/aromatic N) is 3. The van der Waals surface area contributed by atoms with Crippen molar-refractivity contribution in [3.8, 4) is 0 Å². The molecule has 78 valence electrons. The lowest BCUT2D eigenvalue weighted by Crippen LogP contribution is -2.44. The molecule has 1 fully saturated rings. The Morgan fingerprint density at radius 2 is 2.14 bits per heavy atom. The normalized spacial score (nSPS) is 18.6. The first kappa shape index (κ1) is 9.68. The zero-order valence-electron chi connectivity index (χ0n) is 8.74. The first-order valence-corrected chi connectivity index (χ1v) is 5.28. The van der Waals surface area contributed by atoms with Gasteiger partial charge in [0.2, 0.25) is 0 Å². The molecular weight excluding hydrogens is 176 g/mol. The topological polar surface area (TPSA) is 33.1 Å². The molecule has 0 aromatic carbocycles. The molecule has 1 saturated heterocycles. The third-order valence-corrected chi connectivity index (χ3v) is 2.63. The SMILES string of the molecule is Cc1ccn(CCN2CCNCC2)n1. The fourth-order valence-corrected chi connectivity index (χ4v) is 1.77. The van der Waals surface area contributed by atoms with E-state index in [1.807, 2.05) is 11.6 Å². The first-order valence-electron chi connectivity index (χ1n) is 5.28. The van der Waals surface area contributed by atoms with Crippen LogP contribution in [-0.4, -0.2) is 47.4 Å². The van der Waals surface area contributed by atoms with Gasteiger partial charge in [0, 0.05) is 38.9 Å². The molecule has 0 amide bonds. The number of aryl methyl sites for hydroxylation is 1. The Morgan fingerprint density at radius 1 is 1.36 bits per heavy atom. The van der Waals surface area contributed by atoms with Gasteiger partial charge in [-0.05, 0) is 13.0 Å². The van der Waals surface area contributed by atoms with Crippen molar-refractivity contribution in [3.63, 3.8) is 0 Å². The molecule has 0 radical (unpaired) electrons. The largest absolute Gasteiger partial charge is 0.314 e. The first-order chi connectivity index (χ1) is 6.84. The van der Waals surface area contributed by atoms with E-state index in [4.69, 9.17) is 0 Å². The van der Waals surface area contributed by atoms with Crippen molar-refractivity contribution in [2.75, 3.05) is 32.7 Å². The van der Waals surface area contributed by atoms with Crippen LogP contribution in [0.1, 0.15) is 5.69 Å². The zero-order valence-corrected chi connectivity index (χ0v) is 8.74. The van der Waals surface area contributed by atoms with Gasteiger partial charge in [0.05, 0.1) is 12.2 Å². The van der Waals surface area contributed by atoms with E-state index in [-0.39, 0.29) is 0 Å². The molecule has 4 heteroatoms. The van der Waals surface area contributed by atoms with Gasteiger partial charge in [0.15, 0.2) is 0 Å². The van der Waals surface area contributed by atoms with E-state index in [1.165, 1.54) is 13.1 Å². The Hall–Kier alpha value is -0.870. The van der Waals surface area contributed by atoms with Gasteiger partial charge in [0.25, 0.3) is 0 Å². The third kappa shape index (κ3) is 2.56. The summed E-state index contributed by atoms with van der Waals surface area (Å²) in [6.45, 7) is 8.73.